The highest BCUT2D eigenvalue weighted by Gasteiger charge is 2.49. The largest absolute Gasteiger partial charge is 0.382 e. The summed E-state index contributed by atoms with van der Waals surface area (Å²) in [5.74, 6) is 0.0876. The van der Waals surface area contributed by atoms with Gasteiger partial charge in [0.2, 0.25) is 5.95 Å². The zero-order valence-corrected chi connectivity index (χ0v) is 22.4. The average Bonchev–Trinajstić information content (AvgIpc) is 3.35. The van der Waals surface area contributed by atoms with Crippen LogP contribution in [-0.4, -0.2) is 84.5 Å². The van der Waals surface area contributed by atoms with Crippen LogP contribution in [0, 0.1) is 18.7 Å². The number of aromatic nitrogens is 6. The number of nitrogen functional groups attached to an aromatic ring is 1. The molecule has 0 radical (unpaired) electrons. The Kier molecular flexibility index (Phi) is 6.56. The summed E-state index contributed by atoms with van der Waals surface area (Å²) in [5.41, 5.74) is 7.12. The molecule has 4 aromatic heterocycles. The summed E-state index contributed by atoms with van der Waals surface area (Å²) in [5, 5.41) is 7.39. The topological polar surface area (TPSA) is 111 Å². The van der Waals surface area contributed by atoms with Crippen LogP contribution in [-0.2, 0) is 11.3 Å². The number of rotatable bonds is 7. The fourth-order valence-corrected chi connectivity index (χ4v) is 5.83. The number of fused-ring (bicyclic) bond motifs is 2. The van der Waals surface area contributed by atoms with Gasteiger partial charge in [-0.25, -0.2) is 32.0 Å². The van der Waals surface area contributed by atoms with Crippen molar-refractivity contribution in [2.45, 2.75) is 57.9 Å². The van der Waals surface area contributed by atoms with E-state index in [1.165, 1.54) is 9.08 Å². The lowest BCUT2D eigenvalue weighted by atomic mass is 9.81. The van der Waals surface area contributed by atoms with E-state index < -0.39 is 31.0 Å². The van der Waals surface area contributed by atoms with Crippen LogP contribution >= 0.6 is 0 Å². The molecule has 0 amide bonds. The van der Waals surface area contributed by atoms with Gasteiger partial charge in [-0.15, -0.1) is 5.10 Å². The molecule has 6 heterocycles. The predicted molar refractivity (Wildman–Crippen MR) is 142 cm³/mol. The van der Waals surface area contributed by atoms with Gasteiger partial charge < -0.3 is 20.4 Å². The normalized spacial score (nSPS) is 21.5. The number of nitrogens with zero attached hydrogens (tertiary/aromatic N) is 7. The number of aryl methyl sites for hydroxylation is 1. The summed E-state index contributed by atoms with van der Waals surface area (Å²) < 4.78 is 64.9. The molecule has 0 aromatic carbocycles. The molecule has 2 aliphatic rings. The van der Waals surface area contributed by atoms with E-state index in [0.717, 1.165) is 6.20 Å². The highest BCUT2D eigenvalue weighted by atomic mass is 19.3. The molecule has 0 bridgehead atoms. The molecule has 10 nitrogen and oxygen atoms in total. The first kappa shape index (κ1) is 26.7. The van der Waals surface area contributed by atoms with Crippen molar-refractivity contribution in [3.63, 3.8) is 0 Å². The van der Waals surface area contributed by atoms with Crippen molar-refractivity contribution in [3.05, 3.63) is 30.0 Å². The minimum Gasteiger partial charge on any atom is -0.382 e. The first-order valence-corrected chi connectivity index (χ1v) is 13.3. The van der Waals surface area contributed by atoms with Crippen molar-refractivity contribution >= 4 is 28.4 Å². The molecule has 3 N–H and O–H groups in total. The van der Waals surface area contributed by atoms with E-state index in [1.54, 1.807) is 19.1 Å². The second kappa shape index (κ2) is 9.84. The number of imidazole rings is 1. The highest BCUT2D eigenvalue weighted by molar-refractivity contribution is 5.89. The van der Waals surface area contributed by atoms with E-state index in [-0.39, 0.29) is 46.3 Å². The minimum atomic E-state index is -2.61. The first-order valence-electron chi connectivity index (χ1n) is 13.3. The molecule has 0 aliphatic carbocycles. The van der Waals surface area contributed by atoms with Gasteiger partial charge in [0.05, 0.1) is 48.8 Å². The van der Waals surface area contributed by atoms with Gasteiger partial charge in [0.1, 0.15) is 23.0 Å². The lowest BCUT2D eigenvalue weighted by molar-refractivity contribution is -0.173. The number of anilines is 2. The number of ether oxygens (including phenoxy) is 1. The Balaban J connectivity index is 1.27. The van der Waals surface area contributed by atoms with E-state index in [9.17, 15) is 8.78 Å². The van der Waals surface area contributed by atoms with Crippen LogP contribution in [0.25, 0.3) is 27.9 Å². The Morgan fingerprint density at radius 1 is 1.20 bits per heavy atom. The van der Waals surface area contributed by atoms with Crippen molar-refractivity contribution in [3.8, 4) is 11.3 Å². The van der Waals surface area contributed by atoms with Crippen molar-refractivity contribution in [1.82, 2.24) is 34.0 Å². The van der Waals surface area contributed by atoms with Crippen LogP contribution in [0.15, 0.2) is 18.3 Å². The molecule has 40 heavy (non-hydrogen) atoms. The van der Waals surface area contributed by atoms with Crippen LogP contribution in [0.1, 0.15) is 26.1 Å². The molecule has 0 spiro atoms. The highest BCUT2D eigenvalue weighted by Crippen LogP contribution is 2.36. The molecule has 2 aliphatic heterocycles. The molecule has 6 rings (SSSR count). The summed E-state index contributed by atoms with van der Waals surface area (Å²) >= 11 is 0. The lowest BCUT2D eigenvalue weighted by Gasteiger charge is -2.55. The third-order valence-corrected chi connectivity index (χ3v) is 8.24. The number of alkyl halides is 3. The summed E-state index contributed by atoms with van der Waals surface area (Å²) in [6.07, 6.45) is -2.12. The van der Waals surface area contributed by atoms with E-state index in [1.807, 2.05) is 0 Å². The number of hydrogen-bond acceptors (Lipinski definition) is 8. The zero-order chi connectivity index (χ0) is 28.3. The number of nitrogens with two attached hydrogens (primary N) is 1. The Morgan fingerprint density at radius 3 is 2.62 bits per heavy atom. The van der Waals surface area contributed by atoms with Crippen LogP contribution in [0.3, 0.4) is 0 Å². The van der Waals surface area contributed by atoms with Crippen LogP contribution in [0.4, 0.5) is 29.3 Å². The van der Waals surface area contributed by atoms with Gasteiger partial charge in [-0.2, -0.15) is 4.98 Å². The number of piperidine rings is 1. The molecule has 14 heteroatoms. The molecule has 214 valence electrons. The molecule has 2 atom stereocenters. The Bertz CT molecular complexity index is 1570. The number of nitrogens with one attached hydrogen (secondary N) is 1. The summed E-state index contributed by atoms with van der Waals surface area (Å²) in [7, 11) is 0. The zero-order valence-electron chi connectivity index (χ0n) is 22.4. The molecule has 2 fully saturated rings. The average molecular weight is 562 g/mol. The number of halogens is 4. The Morgan fingerprint density at radius 2 is 1.98 bits per heavy atom. The maximum atomic E-state index is 15.3. The lowest BCUT2D eigenvalue weighted by Crippen LogP contribution is -2.68. The Hall–Kier alpha value is -3.52. The van der Waals surface area contributed by atoms with Crippen molar-refractivity contribution in [2.75, 3.05) is 37.4 Å². The van der Waals surface area contributed by atoms with E-state index in [4.69, 9.17) is 10.5 Å². The quantitative estimate of drug-likeness (QED) is 0.329. The molecule has 2 saturated heterocycles. The van der Waals surface area contributed by atoms with Crippen LogP contribution in [0.2, 0.25) is 0 Å². The van der Waals surface area contributed by atoms with Crippen LogP contribution in [0.5, 0.6) is 0 Å². The van der Waals surface area contributed by atoms with Gasteiger partial charge in [0.15, 0.2) is 17.3 Å². The van der Waals surface area contributed by atoms with E-state index in [0.29, 0.717) is 43.4 Å². The monoisotopic (exact) mass is 561 g/mol. The molecular formula is C26H31F4N9O. The fraction of sp³-hybridized carbons (Fsp3) is 0.538. The number of pyridine rings is 1. The van der Waals surface area contributed by atoms with Gasteiger partial charge >= 0.3 is 0 Å². The molecule has 0 saturated carbocycles. The van der Waals surface area contributed by atoms with Crippen molar-refractivity contribution in [2.24, 2.45) is 5.92 Å². The van der Waals surface area contributed by atoms with Gasteiger partial charge in [0, 0.05) is 13.1 Å². The standard InChI is InChI=1S/C26H31F4N9O/c1-13(2)26(11-40-12-26)37-7-6-17(15(27)8-37)34-25-35-23(31)22-21(16(28)9-39(22)36-25)18-4-5-19-24(33-18)38(10-20(29)30)14(3)32-19/h4-5,9,13,15,17,20H,6-8,10-12H2,1-3H3,(H3,31,34,35,36)/t15-,17+/m1/s1. The second-order valence-corrected chi connectivity index (χ2v) is 10.9. The third-order valence-electron chi connectivity index (χ3n) is 8.24. The van der Waals surface area contributed by atoms with E-state index in [2.05, 4.69) is 44.1 Å². The Labute approximate surface area is 227 Å². The molecule has 4 aromatic rings. The fourth-order valence-electron chi connectivity index (χ4n) is 5.83. The van der Waals surface area contributed by atoms with Crippen molar-refractivity contribution in [1.29, 1.82) is 0 Å². The smallest absolute Gasteiger partial charge is 0.256 e. The third kappa shape index (κ3) is 4.33. The molecule has 0 unspecified atom stereocenters. The van der Waals surface area contributed by atoms with Gasteiger partial charge in [-0.05, 0) is 31.4 Å². The van der Waals surface area contributed by atoms with Crippen LogP contribution < -0.4 is 11.1 Å². The summed E-state index contributed by atoms with van der Waals surface area (Å²) in [6.45, 7) is 7.43. The van der Waals surface area contributed by atoms with Gasteiger partial charge in [0.25, 0.3) is 6.43 Å². The van der Waals surface area contributed by atoms with Crippen molar-refractivity contribution < 1.29 is 22.3 Å². The number of hydrogen-bond donors (Lipinski definition) is 2. The van der Waals surface area contributed by atoms with Gasteiger partial charge in [-0.1, -0.05) is 13.8 Å². The van der Waals surface area contributed by atoms with E-state index >= 15 is 8.78 Å². The maximum absolute atomic E-state index is 15.3. The summed E-state index contributed by atoms with van der Waals surface area (Å²) in [4.78, 5) is 15.2. The van der Waals surface area contributed by atoms with Gasteiger partial charge in [-0.3, -0.25) is 4.90 Å². The first-order chi connectivity index (χ1) is 19.1. The predicted octanol–water partition coefficient (Wildman–Crippen LogP) is 3.69. The molecular weight excluding hydrogens is 530 g/mol. The maximum Gasteiger partial charge on any atom is 0.256 e. The number of likely N-dealkylation sites (tertiary alicyclic amines) is 1. The second-order valence-electron chi connectivity index (χ2n) is 10.9. The minimum absolute atomic E-state index is 0.0335. The summed E-state index contributed by atoms with van der Waals surface area (Å²) in [6, 6.07) is 2.60. The SMILES string of the molecule is Cc1nc2ccc(-c3c(F)cn4nc(N[C@H]5CCN(C6(C(C)C)COC6)C[C@H]5F)nc(N)c34)nc2n1CC(F)F.